The number of nitrogens with one attached hydrogen (secondary N) is 1. The zero-order valence-electron chi connectivity index (χ0n) is 11.7. The summed E-state index contributed by atoms with van der Waals surface area (Å²) in [7, 11) is -1.56. The second-order valence-electron chi connectivity index (χ2n) is 4.17. The van der Waals surface area contributed by atoms with Gasteiger partial charge in [-0.25, -0.2) is 13.1 Å². The maximum atomic E-state index is 11.0. The van der Waals surface area contributed by atoms with Crippen LogP contribution in [0.15, 0.2) is 35.7 Å². The summed E-state index contributed by atoms with van der Waals surface area (Å²) in [4.78, 5) is 0. The maximum Gasteiger partial charge on any atom is 0.208 e. The summed E-state index contributed by atoms with van der Waals surface area (Å²) in [6, 6.07) is 7.54. The molecule has 0 atom stereocenters. The third-order valence-electron chi connectivity index (χ3n) is 2.56. The fraction of sp³-hybridized carbons (Fsp3) is 0.333. The van der Waals surface area contributed by atoms with E-state index in [-0.39, 0.29) is 0 Å². The van der Waals surface area contributed by atoms with Gasteiger partial charge in [0.25, 0.3) is 0 Å². The van der Waals surface area contributed by atoms with Crippen molar-refractivity contribution in [2.24, 2.45) is 0 Å². The molecule has 0 amide bonds. The zero-order valence-corrected chi connectivity index (χ0v) is 13.3. The van der Waals surface area contributed by atoms with Crippen molar-refractivity contribution in [1.29, 1.82) is 0 Å². The number of aromatic nitrogens is 3. The number of thioether (sulfide) groups is 1. The van der Waals surface area contributed by atoms with Crippen molar-refractivity contribution in [1.82, 2.24) is 19.5 Å². The van der Waals surface area contributed by atoms with E-state index in [4.69, 9.17) is 4.74 Å². The van der Waals surface area contributed by atoms with Crippen LogP contribution in [0.4, 0.5) is 0 Å². The van der Waals surface area contributed by atoms with Crippen LogP contribution < -0.4 is 9.46 Å². The van der Waals surface area contributed by atoms with Crippen LogP contribution >= 0.6 is 11.8 Å². The van der Waals surface area contributed by atoms with Crippen molar-refractivity contribution in [2.75, 3.05) is 25.7 Å². The van der Waals surface area contributed by atoms with Crippen LogP contribution in [0.1, 0.15) is 0 Å². The Morgan fingerprint density at radius 3 is 2.86 bits per heavy atom. The Morgan fingerprint density at radius 1 is 1.38 bits per heavy atom. The van der Waals surface area contributed by atoms with Gasteiger partial charge in [-0.3, -0.25) is 4.57 Å². The van der Waals surface area contributed by atoms with Crippen molar-refractivity contribution < 1.29 is 13.2 Å². The summed E-state index contributed by atoms with van der Waals surface area (Å²) >= 11 is 1.42. The Labute approximate surface area is 127 Å². The standard InChI is InChI=1S/C12H16N4O3S2/c1-19-11-6-4-3-5-10(11)16-9-13-15-12(16)20-8-7-14-21(2,17)18/h3-6,9,14H,7-8H2,1-2H3. The minimum atomic E-state index is -3.16. The summed E-state index contributed by atoms with van der Waals surface area (Å²) in [6.07, 6.45) is 2.74. The highest BCUT2D eigenvalue weighted by atomic mass is 32.2. The van der Waals surface area contributed by atoms with Crippen LogP contribution in [0.25, 0.3) is 5.69 Å². The first-order valence-corrected chi connectivity index (χ1v) is 9.00. The normalized spacial score (nSPS) is 11.5. The number of hydrogen-bond acceptors (Lipinski definition) is 6. The Bertz CT molecular complexity index is 700. The van der Waals surface area contributed by atoms with Gasteiger partial charge in [-0.2, -0.15) is 0 Å². The monoisotopic (exact) mass is 328 g/mol. The molecule has 7 nitrogen and oxygen atoms in total. The highest BCUT2D eigenvalue weighted by Gasteiger charge is 2.11. The number of sulfonamides is 1. The predicted molar refractivity (Wildman–Crippen MR) is 81.5 cm³/mol. The van der Waals surface area contributed by atoms with Crippen LogP contribution in [0.2, 0.25) is 0 Å². The molecule has 0 bridgehead atoms. The first-order chi connectivity index (χ1) is 10.0. The number of ether oxygens (including phenoxy) is 1. The maximum absolute atomic E-state index is 11.0. The van der Waals surface area contributed by atoms with E-state index < -0.39 is 10.0 Å². The number of hydrogen-bond donors (Lipinski definition) is 1. The molecule has 1 N–H and O–H groups in total. The Balaban J connectivity index is 2.08. The fourth-order valence-corrected chi connectivity index (χ4v) is 3.06. The highest BCUT2D eigenvalue weighted by molar-refractivity contribution is 7.99. The van der Waals surface area contributed by atoms with E-state index in [1.807, 2.05) is 28.8 Å². The number of para-hydroxylation sites is 2. The summed E-state index contributed by atoms with van der Waals surface area (Å²) in [5.74, 6) is 1.27. The molecule has 1 heterocycles. The molecule has 0 aliphatic carbocycles. The molecule has 2 aromatic rings. The largest absolute Gasteiger partial charge is 0.495 e. The van der Waals surface area contributed by atoms with Gasteiger partial charge in [0.2, 0.25) is 10.0 Å². The van der Waals surface area contributed by atoms with Crippen molar-refractivity contribution in [3.05, 3.63) is 30.6 Å². The van der Waals surface area contributed by atoms with Gasteiger partial charge in [0.05, 0.1) is 19.1 Å². The minimum Gasteiger partial charge on any atom is -0.495 e. The SMILES string of the molecule is COc1ccccc1-n1cnnc1SCCNS(C)(=O)=O. The smallest absolute Gasteiger partial charge is 0.208 e. The van der Waals surface area contributed by atoms with E-state index in [9.17, 15) is 8.42 Å². The van der Waals surface area contributed by atoms with Gasteiger partial charge in [-0.05, 0) is 12.1 Å². The average Bonchev–Trinajstić information content (AvgIpc) is 2.90. The van der Waals surface area contributed by atoms with E-state index in [0.717, 1.165) is 11.9 Å². The van der Waals surface area contributed by atoms with Gasteiger partial charge in [0.1, 0.15) is 12.1 Å². The Hall–Kier alpha value is -1.58. The molecule has 0 saturated heterocycles. The van der Waals surface area contributed by atoms with E-state index in [1.165, 1.54) is 11.8 Å². The summed E-state index contributed by atoms with van der Waals surface area (Å²) in [6.45, 7) is 0.336. The molecular weight excluding hydrogens is 312 g/mol. The summed E-state index contributed by atoms with van der Waals surface area (Å²) in [5.41, 5.74) is 0.837. The van der Waals surface area contributed by atoms with E-state index in [2.05, 4.69) is 14.9 Å². The Morgan fingerprint density at radius 2 is 2.14 bits per heavy atom. The lowest BCUT2D eigenvalue weighted by molar-refractivity contribution is 0.412. The summed E-state index contributed by atoms with van der Waals surface area (Å²) in [5, 5.41) is 8.62. The van der Waals surface area contributed by atoms with Crippen molar-refractivity contribution in [3.8, 4) is 11.4 Å². The molecule has 21 heavy (non-hydrogen) atoms. The zero-order chi connectivity index (χ0) is 15.3. The number of methoxy groups -OCH3 is 1. The number of benzene rings is 1. The van der Waals surface area contributed by atoms with Gasteiger partial charge in [-0.15, -0.1) is 10.2 Å². The molecule has 1 aromatic heterocycles. The molecule has 114 valence electrons. The third-order valence-corrected chi connectivity index (χ3v) is 4.23. The molecule has 0 spiro atoms. The molecule has 0 aliphatic rings. The molecule has 0 radical (unpaired) electrons. The molecule has 2 rings (SSSR count). The van der Waals surface area contributed by atoms with E-state index in [1.54, 1.807) is 13.4 Å². The minimum absolute atomic E-state index is 0.336. The third kappa shape index (κ3) is 4.45. The topological polar surface area (TPSA) is 86.1 Å². The highest BCUT2D eigenvalue weighted by Crippen LogP contribution is 2.26. The first kappa shape index (κ1) is 15.8. The average molecular weight is 328 g/mol. The predicted octanol–water partition coefficient (Wildman–Crippen LogP) is 0.917. The van der Waals surface area contributed by atoms with Crippen LogP contribution in [-0.2, 0) is 10.0 Å². The lowest BCUT2D eigenvalue weighted by Gasteiger charge is -2.10. The molecule has 0 fully saturated rings. The van der Waals surface area contributed by atoms with E-state index >= 15 is 0 Å². The van der Waals surface area contributed by atoms with Crippen molar-refractivity contribution in [2.45, 2.75) is 5.16 Å². The fourth-order valence-electron chi connectivity index (χ4n) is 1.69. The van der Waals surface area contributed by atoms with Gasteiger partial charge < -0.3 is 4.74 Å². The number of nitrogens with zero attached hydrogens (tertiary/aromatic N) is 3. The van der Waals surface area contributed by atoms with Gasteiger partial charge in [-0.1, -0.05) is 23.9 Å². The second-order valence-corrected chi connectivity index (χ2v) is 7.07. The van der Waals surface area contributed by atoms with Crippen LogP contribution in [0.5, 0.6) is 5.75 Å². The molecule has 1 aromatic carbocycles. The first-order valence-electron chi connectivity index (χ1n) is 6.12. The van der Waals surface area contributed by atoms with Crippen LogP contribution in [-0.4, -0.2) is 48.8 Å². The molecule has 0 saturated carbocycles. The number of rotatable bonds is 7. The molecule has 0 aliphatic heterocycles. The quantitative estimate of drug-likeness (QED) is 0.601. The Kier molecular flexibility index (Phi) is 5.21. The lowest BCUT2D eigenvalue weighted by atomic mass is 10.3. The molecule has 0 unspecified atom stereocenters. The van der Waals surface area contributed by atoms with Crippen molar-refractivity contribution in [3.63, 3.8) is 0 Å². The van der Waals surface area contributed by atoms with Gasteiger partial charge in [0.15, 0.2) is 5.16 Å². The van der Waals surface area contributed by atoms with Crippen molar-refractivity contribution >= 4 is 21.8 Å². The summed E-state index contributed by atoms with van der Waals surface area (Å²) < 4.78 is 31.6. The van der Waals surface area contributed by atoms with E-state index in [0.29, 0.717) is 23.2 Å². The van der Waals surface area contributed by atoms with Crippen LogP contribution in [0, 0.1) is 0 Å². The second kappa shape index (κ2) is 6.92. The lowest BCUT2D eigenvalue weighted by Crippen LogP contribution is -2.24. The van der Waals surface area contributed by atoms with Crippen LogP contribution in [0.3, 0.4) is 0 Å². The molecule has 9 heteroatoms. The molecular formula is C12H16N4O3S2. The van der Waals surface area contributed by atoms with Gasteiger partial charge >= 0.3 is 0 Å². The van der Waals surface area contributed by atoms with Gasteiger partial charge in [0, 0.05) is 12.3 Å².